The number of carboxylic acid groups (broad SMARTS) is 1. The van der Waals surface area contributed by atoms with Crippen LogP contribution < -0.4 is 0 Å². The number of carbonyl (C=O) groups is 2. The van der Waals surface area contributed by atoms with Gasteiger partial charge in [0.25, 0.3) is 0 Å². The molecular weight excluding hydrogens is 224 g/mol. The highest BCUT2D eigenvalue weighted by Crippen LogP contribution is 2.25. The molecule has 1 N–H and O–H groups in total. The minimum Gasteiger partial charge on any atom is -0.478 e. The zero-order chi connectivity index (χ0) is 11.5. The van der Waals surface area contributed by atoms with Crippen molar-refractivity contribution in [3.63, 3.8) is 0 Å². The third kappa shape index (κ3) is 2.01. The van der Waals surface area contributed by atoms with Crippen LogP contribution in [-0.2, 0) is 4.79 Å². The third-order valence-corrected chi connectivity index (χ3v) is 3.09. The number of carbonyl (C=O) groups excluding carboxylic acids is 1. The quantitative estimate of drug-likeness (QED) is 0.654. The van der Waals surface area contributed by atoms with Gasteiger partial charge in [-0.3, -0.25) is 4.79 Å². The van der Waals surface area contributed by atoms with E-state index >= 15 is 0 Å². The van der Waals surface area contributed by atoms with Gasteiger partial charge >= 0.3 is 5.97 Å². The van der Waals surface area contributed by atoms with E-state index in [4.69, 9.17) is 5.11 Å². The molecular formula is C12H8O3S. The maximum Gasteiger partial charge on any atom is 0.328 e. The molecule has 1 aromatic heterocycles. The Bertz CT molecular complexity index is 581. The lowest BCUT2D eigenvalue weighted by Gasteiger charge is -1.92. The Kier molecular flexibility index (Phi) is 2.83. The molecule has 0 amide bonds. The molecule has 2 rings (SSSR count). The number of aliphatic carboxylic acids is 1. The van der Waals surface area contributed by atoms with E-state index < -0.39 is 5.97 Å². The molecule has 0 atom stereocenters. The smallest absolute Gasteiger partial charge is 0.328 e. The first-order valence-corrected chi connectivity index (χ1v) is 5.48. The van der Waals surface area contributed by atoms with E-state index in [0.29, 0.717) is 5.56 Å². The van der Waals surface area contributed by atoms with Gasteiger partial charge in [-0.2, -0.15) is 0 Å². The molecule has 80 valence electrons. The van der Waals surface area contributed by atoms with Crippen molar-refractivity contribution >= 4 is 33.2 Å². The largest absolute Gasteiger partial charge is 0.478 e. The molecule has 4 heteroatoms. The van der Waals surface area contributed by atoms with Gasteiger partial charge in [0.15, 0.2) is 5.78 Å². The molecule has 0 radical (unpaired) electrons. The van der Waals surface area contributed by atoms with E-state index in [1.54, 1.807) is 5.38 Å². The fraction of sp³-hybridized carbons (Fsp3) is 0. The Labute approximate surface area is 95.6 Å². The molecule has 0 fully saturated rings. The predicted octanol–water partition coefficient (Wildman–Crippen LogP) is 2.72. The van der Waals surface area contributed by atoms with Crippen LogP contribution in [0.15, 0.2) is 41.8 Å². The summed E-state index contributed by atoms with van der Waals surface area (Å²) in [6, 6.07) is 7.54. The van der Waals surface area contributed by atoms with Crippen molar-refractivity contribution in [3.8, 4) is 0 Å². The van der Waals surface area contributed by atoms with Crippen molar-refractivity contribution in [2.45, 2.75) is 0 Å². The van der Waals surface area contributed by atoms with Crippen LogP contribution in [0.4, 0.5) is 0 Å². The topological polar surface area (TPSA) is 54.4 Å². The lowest BCUT2D eigenvalue weighted by atomic mass is 10.1. The number of hydrogen-bond acceptors (Lipinski definition) is 3. The SMILES string of the molecule is O=C(O)C=CC(=O)c1csc2ccccc12. The molecule has 3 nitrogen and oxygen atoms in total. The van der Waals surface area contributed by atoms with E-state index in [1.165, 1.54) is 11.3 Å². The van der Waals surface area contributed by atoms with E-state index in [0.717, 1.165) is 22.2 Å². The van der Waals surface area contributed by atoms with E-state index in [-0.39, 0.29) is 5.78 Å². The highest BCUT2D eigenvalue weighted by atomic mass is 32.1. The third-order valence-electron chi connectivity index (χ3n) is 2.12. The molecule has 0 saturated heterocycles. The Balaban J connectivity index is 2.40. The highest BCUT2D eigenvalue weighted by molar-refractivity contribution is 7.17. The number of fused-ring (bicyclic) bond motifs is 1. The van der Waals surface area contributed by atoms with E-state index in [1.807, 2.05) is 24.3 Å². The summed E-state index contributed by atoms with van der Waals surface area (Å²) in [7, 11) is 0. The van der Waals surface area contributed by atoms with Crippen LogP contribution in [0.2, 0.25) is 0 Å². The summed E-state index contributed by atoms with van der Waals surface area (Å²) in [4.78, 5) is 22.0. The van der Waals surface area contributed by atoms with Gasteiger partial charge in [0.2, 0.25) is 0 Å². The number of rotatable bonds is 3. The summed E-state index contributed by atoms with van der Waals surface area (Å²) in [6.07, 6.45) is 1.94. The van der Waals surface area contributed by atoms with Gasteiger partial charge in [0, 0.05) is 27.1 Å². The van der Waals surface area contributed by atoms with Gasteiger partial charge in [-0.25, -0.2) is 4.79 Å². The maximum atomic E-state index is 11.7. The first-order valence-electron chi connectivity index (χ1n) is 4.60. The van der Waals surface area contributed by atoms with E-state index in [9.17, 15) is 9.59 Å². The molecule has 0 aliphatic carbocycles. The van der Waals surface area contributed by atoms with Crippen molar-refractivity contribution in [2.24, 2.45) is 0 Å². The van der Waals surface area contributed by atoms with Crippen molar-refractivity contribution in [1.29, 1.82) is 0 Å². The lowest BCUT2D eigenvalue weighted by molar-refractivity contribution is -0.131. The first kappa shape index (κ1) is 10.6. The molecule has 0 aliphatic rings. The summed E-state index contributed by atoms with van der Waals surface area (Å²) in [5.41, 5.74) is 0.554. The van der Waals surface area contributed by atoms with Crippen LogP contribution in [0.1, 0.15) is 10.4 Å². The number of ketones is 1. The molecule has 0 saturated carbocycles. The Hall–Kier alpha value is -1.94. The number of thiophene rings is 1. The monoisotopic (exact) mass is 232 g/mol. The van der Waals surface area contributed by atoms with Crippen molar-refractivity contribution in [3.05, 3.63) is 47.4 Å². The zero-order valence-corrected chi connectivity index (χ0v) is 9.03. The Morgan fingerprint density at radius 2 is 1.94 bits per heavy atom. The molecule has 0 bridgehead atoms. The fourth-order valence-corrected chi connectivity index (χ4v) is 2.36. The Morgan fingerprint density at radius 1 is 1.19 bits per heavy atom. The summed E-state index contributed by atoms with van der Waals surface area (Å²) in [6.45, 7) is 0. The van der Waals surface area contributed by atoms with Gasteiger partial charge in [0.05, 0.1) is 0 Å². The van der Waals surface area contributed by atoms with Gasteiger partial charge in [-0.15, -0.1) is 11.3 Å². The van der Waals surface area contributed by atoms with Gasteiger partial charge in [-0.1, -0.05) is 18.2 Å². The van der Waals surface area contributed by atoms with E-state index in [2.05, 4.69) is 0 Å². The first-order chi connectivity index (χ1) is 7.68. The second-order valence-electron chi connectivity index (χ2n) is 3.18. The molecule has 2 aromatic rings. The van der Waals surface area contributed by atoms with Crippen molar-refractivity contribution in [1.82, 2.24) is 0 Å². The molecule has 16 heavy (non-hydrogen) atoms. The average Bonchev–Trinajstić information content (AvgIpc) is 2.69. The number of benzene rings is 1. The van der Waals surface area contributed by atoms with Crippen LogP contribution in [0, 0.1) is 0 Å². The van der Waals surface area contributed by atoms with Crippen LogP contribution in [0.5, 0.6) is 0 Å². The minimum absolute atomic E-state index is 0.278. The van der Waals surface area contributed by atoms with Crippen LogP contribution >= 0.6 is 11.3 Å². The normalized spacial score (nSPS) is 11.0. The van der Waals surface area contributed by atoms with Crippen LogP contribution in [0.25, 0.3) is 10.1 Å². The number of carboxylic acids is 1. The highest BCUT2D eigenvalue weighted by Gasteiger charge is 2.09. The number of hydrogen-bond donors (Lipinski definition) is 1. The van der Waals surface area contributed by atoms with Crippen molar-refractivity contribution in [2.75, 3.05) is 0 Å². The van der Waals surface area contributed by atoms with Gasteiger partial charge in [-0.05, 0) is 12.1 Å². The average molecular weight is 232 g/mol. The zero-order valence-electron chi connectivity index (χ0n) is 8.21. The Morgan fingerprint density at radius 3 is 2.69 bits per heavy atom. The summed E-state index contributed by atoms with van der Waals surface area (Å²) >= 11 is 1.47. The second-order valence-corrected chi connectivity index (χ2v) is 4.09. The fourth-order valence-electron chi connectivity index (χ4n) is 1.41. The molecule has 0 unspecified atom stereocenters. The van der Waals surface area contributed by atoms with Crippen molar-refractivity contribution < 1.29 is 14.7 Å². The maximum absolute atomic E-state index is 11.7. The standard InChI is InChI=1S/C12H8O3S/c13-10(5-6-12(14)15)9-7-16-11-4-2-1-3-8(9)11/h1-7H,(H,14,15). The summed E-state index contributed by atoms with van der Waals surface area (Å²) in [5.74, 6) is -1.40. The molecule has 0 spiro atoms. The predicted molar refractivity (Wildman–Crippen MR) is 62.9 cm³/mol. The minimum atomic E-state index is -1.12. The second kappa shape index (κ2) is 4.28. The van der Waals surface area contributed by atoms with Gasteiger partial charge < -0.3 is 5.11 Å². The number of allylic oxidation sites excluding steroid dienone is 1. The summed E-state index contributed by atoms with van der Waals surface area (Å²) in [5, 5.41) is 11.1. The molecule has 0 aliphatic heterocycles. The summed E-state index contributed by atoms with van der Waals surface area (Å²) < 4.78 is 1.02. The lowest BCUT2D eigenvalue weighted by Crippen LogP contribution is -1.95. The molecule has 1 heterocycles. The van der Waals surface area contributed by atoms with Crippen LogP contribution in [0.3, 0.4) is 0 Å². The van der Waals surface area contributed by atoms with Gasteiger partial charge in [0.1, 0.15) is 0 Å². The van der Waals surface area contributed by atoms with Crippen LogP contribution in [-0.4, -0.2) is 16.9 Å². The molecule has 1 aromatic carbocycles.